The number of ether oxygens (including phenoxy) is 1. The van der Waals surface area contributed by atoms with Crippen molar-refractivity contribution in [2.45, 2.75) is 19.0 Å². The van der Waals surface area contributed by atoms with Gasteiger partial charge >= 0.3 is 5.97 Å². The van der Waals surface area contributed by atoms with Crippen LogP contribution >= 0.6 is 0 Å². The topological polar surface area (TPSA) is 87.7 Å². The molecule has 15 heavy (non-hydrogen) atoms. The molecule has 1 rings (SSSR count). The Labute approximate surface area is 88.0 Å². The molecular formula is C9H16N2O4. The first-order valence-corrected chi connectivity index (χ1v) is 4.84. The molecule has 0 aliphatic carbocycles. The van der Waals surface area contributed by atoms with Crippen molar-refractivity contribution < 1.29 is 19.4 Å². The van der Waals surface area contributed by atoms with Gasteiger partial charge in [0.25, 0.3) is 0 Å². The molecule has 0 aromatic carbocycles. The van der Waals surface area contributed by atoms with Crippen LogP contribution in [0.3, 0.4) is 0 Å². The fourth-order valence-electron chi connectivity index (χ4n) is 1.48. The van der Waals surface area contributed by atoms with Crippen LogP contribution in [-0.4, -0.2) is 49.3 Å². The van der Waals surface area contributed by atoms with Gasteiger partial charge in [0, 0.05) is 6.04 Å². The molecule has 86 valence electrons. The molecule has 0 spiro atoms. The molecule has 6 nitrogen and oxygen atoms in total. The molecule has 3 atom stereocenters. The maximum absolute atomic E-state index is 11.6. The third-order valence-corrected chi connectivity index (χ3v) is 2.52. The average molecular weight is 216 g/mol. The maximum atomic E-state index is 11.6. The molecular weight excluding hydrogens is 200 g/mol. The lowest BCUT2D eigenvalue weighted by atomic mass is 10.0. The second-order valence-electron chi connectivity index (χ2n) is 3.61. The first-order chi connectivity index (χ1) is 7.06. The highest BCUT2D eigenvalue weighted by Gasteiger charge is 2.34. The van der Waals surface area contributed by atoms with Gasteiger partial charge in [-0.05, 0) is 14.0 Å². The van der Waals surface area contributed by atoms with Gasteiger partial charge in [-0.1, -0.05) is 0 Å². The predicted octanol–water partition coefficient (Wildman–Crippen LogP) is -1.19. The number of nitrogens with one attached hydrogen (secondary N) is 2. The predicted molar refractivity (Wildman–Crippen MR) is 52.4 cm³/mol. The lowest BCUT2D eigenvalue weighted by Gasteiger charge is -2.17. The minimum atomic E-state index is -1.04. The zero-order chi connectivity index (χ0) is 11.4. The number of amides is 1. The van der Waals surface area contributed by atoms with Crippen molar-refractivity contribution >= 4 is 11.9 Å². The highest BCUT2D eigenvalue weighted by Crippen LogP contribution is 2.13. The summed E-state index contributed by atoms with van der Waals surface area (Å²) < 4.78 is 5.15. The van der Waals surface area contributed by atoms with Crippen molar-refractivity contribution in [1.82, 2.24) is 10.6 Å². The number of hydrogen-bond donors (Lipinski definition) is 3. The quantitative estimate of drug-likeness (QED) is 0.550. The Balaban J connectivity index is 2.49. The standard InChI is InChI=1S/C9H16N2O4/c1-5(9(13)14)11-8(12)6-3-15-4-7(6)10-2/h5-7,10H,3-4H2,1-2H3,(H,11,12)(H,13,14)/t5-,6?,7?/m0/s1. The largest absolute Gasteiger partial charge is 0.480 e. The first-order valence-electron chi connectivity index (χ1n) is 4.84. The minimum absolute atomic E-state index is 0.0361. The van der Waals surface area contributed by atoms with Gasteiger partial charge in [0.1, 0.15) is 6.04 Å². The summed E-state index contributed by atoms with van der Waals surface area (Å²) in [4.78, 5) is 22.2. The lowest BCUT2D eigenvalue weighted by molar-refractivity contribution is -0.142. The highest BCUT2D eigenvalue weighted by molar-refractivity contribution is 5.85. The van der Waals surface area contributed by atoms with Crippen molar-refractivity contribution in [3.63, 3.8) is 0 Å². The number of hydrogen-bond acceptors (Lipinski definition) is 4. The Morgan fingerprint density at radius 2 is 2.13 bits per heavy atom. The van der Waals surface area contributed by atoms with E-state index < -0.39 is 12.0 Å². The van der Waals surface area contributed by atoms with Crippen LogP contribution in [0.5, 0.6) is 0 Å². The van der Waals surface area contributed by atoms with Crippen LogP contribution < -0.4 is 10.6 Å². The molecule has 0 bridgehead atoms. The van der Waals surface area contributed by atoms with Crippen LogP contribution in [0.1, 0.15) is 6.92 Å². The first kappa shape index (κ1) is 11.9. The van der Waals surface area contributed by atoms with E-state index in [2.05, 4.69) is 10.6 Å². The normalized spacial score (nSPS) is 27.3. The second-order valence-corrected chi connectivity index (χ2v) is 3.61. The van der Waals surface area contributed by atoms with E-state index >= 15 is 0 Å². The Morgan fingerprint density at radius 1 is 1.47 bits per heavy atom. The van der Waals surface area contributed by atoms with Crippen LogP contribution in [0.25, 0.3) is 0 Å². The van der Waals surface area contributed by atoms with E-state index in [1.807, 2.05) is 0 Å². The molecule has 1 aliphatic heterocycles. The summed E-state index contributed by atoms with van der Waals surface area (Å²) in [6.45, 7) is 2.25. The van der Waals surface area contributed by atoms with Crippen molar-refractivity contribution in [2.24, 2.45) is 5.92 Å². The Morgan fingerprint density at radius 3 is 2.67 bits per heavy atom. The van der Waals surface area contributed by atoms with Gasteiger partial charge in [-0.15, -0.1) is 0 Å². The number of carboxylic acid groups (broad SMARTS) is 1. The van der Waals surface area contributed by atoms with Crippen molar-refractivity contribution in [1.29, 1.82) is 0 Å². The summed E-state index contributed by atoms with van der Waals surface area (Å²) in [5.41, 5.74) is 0. The third-order valence-electron chi connectivity index (χ3n) is 2.52. The molecule has 1 aliphatic rings. The van der Waals surface area contributed by atoms with E-state index in [0.717, 1.165) is 0 Å². The monoisotopic (exact) mass is 216 g/mol. The number of carbonyl (C=O) groups is 2. The number of carboxylic acids is 1. The van der Waals surface area contributed by atoms with E-state index in [1.165, 1.54) is 6.92 Å². The van der Waals surface area contributed by atoms with E-state index in [0.29, 0.717) is 13.2 Å². The summed E-state index contributed by atoms with van der Waals surface area (Å²) in [6, 6.07) is -0.901. The Hall–Kier alpha value is -1.14. The number of rotatable bonds is 4. The van der Waals surface area contributed by atoms with Gasteiger partial charge in [-0.3, -0.25) is 9.59 Å². The zero-order valence-corrected chi connectivity index (χ0v) is 8.82. The van der Waals surface area contributed by atoms with E-state index in [-0.39, 0.29) is 17.9 Å². The van der Waals surface area contributed by atoms with Gasteiger partial charge in [0.2, 0.25) is 5.91 Å². The number of likely N-dealkylation sites (N-methyl/N-ethyl adjacent to an activating group) is 1. The van der Waals surface area contributed by atoms with Crippen molar-refractivity contribution in [2.75, 3.05) is 20.3 Å². The molecule has 3 N–H and O–H groups in total. The van der Waals surface area contributed by atoms with Crippen LogP contribution in [0, 0.1) is 5.92 Å². The summed E-state index contributed by atoms with van der Waals surface area (Å²) in [6.07, 6.45) is 0. The molecule has 0 saturated carbocycles. The van der Waals surface area contributed by atoms with Crippen molar-refractivity contribution in [3.05, 3.63) is 0 Å². The zero-order valence-electron chi connectivity index (χ0n) is 8.82. The van der Waals surface area contributed by atoms with Gasteiger partial charge < -0.3 is 20.5 Å². The van der Waals surface area contributed by atoms with E-state index in [1.54, 1.807) is 7.05 Å². The summed E-state index contributed by atoms with van der Waals surface area (Å²) in [5, 5.41) is 14.0. The molecule has 0 aromatic rings. The molecule has 6 heteroatoms. The maximum Gasteiger partial charge on any atom is 0.325 e. The smallest absolute Gasteiger partial charge is 0.325 e. The number of aliphatic carboxylic acids is 1. The van der Waals surface area contributed by atoms with E-state index in [9.17, 15) is 9.59 Å². The summed E-state index contributed by atoms with van der Waals surface area (Å²) in [5.74, 6) is -1.62. The van der Waals surface area contributed by atoms with E-state index in [4.69, 9.17) is 9.84 Å². The molecule has 1 fully saturated rings. The van der Waals surface area contributed by atoms with Gasteiger partial charge in [0.15, 0.2) is 0 Å². The average Bonchev–Trinajstić information content (AvgIpc) is 2.64. The molecule has 2 unspecified atom stereocenters. The lowest BCUT2D eigenvalue weighted by Crippen LogP contribution is -2.47. The van der Waals surface area contributed by atoms with Crippen LogP contribution in [-0.2, 0) is 14.3 Å². The molecule has 1 heterocycles. The summed E-state index contributed by atoms with van der Waals surface area (Å²) in [7, 11) is 1.75. The second kappa shape index (κ2) is 5.09. The summed E-state index contributed by atoms with van der Waals surface area (Å²) >= 11 is 0. The fraction of sp³-hybridized carbons (Fsp3) is 0.778. The highest BCUT2D eigenvalue weighted by atomic mass is 16.5. The Bertz CT molecular complexity index is 256. The molecule has 0 aromatic heterocycles. The third kappa shape index (κ3) is 2.90. The van der Waals surface area contributed by atoms with Crippen LogP contribution in [0.15, 0.2) is 0 Å². The van der Waals surface area contributed by atoms with Crippen LogP contribution in [0.4, 0.5) is 0 Å². The number of carbonyl (C=O) groups excluding carboxylic acids is 1. The van der Waals surface area contributed by atoms with Crippen LogP contribution in [0.2, 0.25) is 0 Å². The fourth-order valence-corrected chi connectivity index (χ4v) is 1.48. The molecule has 1 amide bonds. The molecule has 0 radical (unpaired) electrons. The van der Waals surface area contributed by atoms with Gasteiger partial charge in [0.05, 0.1) is 19.1 Å². The SMILES string of the molecule is CNC1COCC1C(=O)N[C@@H](C)C(=O)O. The minimum Gasteiger partial charge on any atom is -0.480 e. The van der Waals surface area contributed by atoms with Crippen molar-refractivity contribution in [3.8, 4) is 0 Å². The van der Waals surface area contributed by atoms with Gasteiger partial charge in [-0.25, -0.2) is 0 Å². The van der Waals surface area contributed by atoms with Gasteiger partial charge in [-0.2, -0.15) is 0 Å². The molecule has 1 saturated heterocycles. The Kier molecular flexibility index (Phi) is 4.05.